The third-order valence-corrected chi connectivity index (χ3v) is 12.5. The first kappa shape index (κ1) is 42.3. The Morgan fingerprint density at radius 2 is 1.80 bits per heavy atom. The van der Waals surface area contributed by atoms with Crippen LogP contribution in [0.4, 0.5) is 13.6 Å². The van der Waals surface area contributed by atoms with Gasteiger partial charge in [-0.3, -0.25) is 20.1 Å². The Labute approximate surface area is 347 Å². The number of carbonyl (C=O) groups is 2. The van der Waals surface area contributed by atoms with Gasteiger partial charge in [-0.1, -0.05) is 48.0 Å². The predicted octanol–water partition coefficient (Wildman–Crippen LogP) is 7.20. The molecule has 1 aliphatic carbocycles. The number of amides is 2. The molecule has 3 heterocycles. The minimum atomic E-state index is -1.35. The lowest BCUT2D eigenvalue weighted by atomic mass is 9.84. The van der Waals surface area contributed by atoms with Crippen molar-refractivity contribution in [2.45, 2.75) is 70.3 Å². The second kappa shape index (κ2) is 18.6. The molecule has 3 unspecified atom stereocenters. The second-order valence-electron chi connectivity index (χ2n) is 14.6. The zero-order chi connectivity index (χ0) is 41.8. The lowest BCUT2D eigenvalue weighted by Crippen LogP contribution is -2.62. The zero-order valence-electron chi connectivity index (χ0n) is 32.3. The normalized spacial score (nSPS) is 18.9. The van der Waals surface area contributed by atoms with E-state index in [1.807, 2.05) is 42.2 Å². The van der Waals surface area contributed by atoms with Crippen LogP contribution in [0.5, 0.6) is 17.4 Å². The molecule has 2 amide bonds. The quantitative estimate of drug-likeness (QED) is 0.0540. The molecule has 59 heavy (non-hydrogen) atoms. The van der Waals surface area contributed by atoms with Crippen molar-refractivity contribution < 1.29 is 52.4 Å². The van der Waals surface area contributed by atoms with E-state index < -0.39 is 51.4 Å². The first-order valence-corrected chi connectivity index (χ1v) is 20.9. The molecule has 312 valence electrons. The average Bonchev–Trinajstić information content (AvgIpc) is 4.06. The molecule has 1 saturated heterocycles. The summed E-state index contributed by atoms with van der Waals surface area (Å²) in [5.74, 6) is -1.27. The molecule has 0 spiro atoms. The SMILES string of the molecule is COc1nccc(CN(C(=O)C2=C(c3ccc(CCCOc4c(F)ccc(F)c4Cl)cc3)CC3C[S+]([O-])CC2N3C(=O)Oc2cccc(CON(O)O)c2)C2CC2)c1C. The Hall–Kier alpha value is -4.81. The fourth-order valence-electron chi connectivity index (χ4n) is 7.59. The number of ether oxygens (including phenoxy) is 3. The summed E-state index contributed by atoms with van der Waals surface area (Å²) >= 11 is 4.56. The van der Waals surface area contributed by atoms with E-state index in [9.17, 15) is 18.1 Å². The third kappa shape index (κ3) is 9.81. The van der Waals surface area contributed by atoms with Gasteiger partial charge in [-0.25, -0.2) is 23.4 Å². The number of aromatic nitrogens is 1. The maximum absolute atomic E-state index is 15.2. The summed E-state index contributed by atoms with van der Waals surface area (Å²) in [5, 5.41) is 17.1. The van der Waals surface area contributed by atoms with E-state index in [1.165, 1.54) is 6.07 Å². The van der Waals surface area contributed by atoms with E-state index in [4.69, 9.17) is 41.1 Å². The maximum Gasteiger partial charge on any atom is 0.416 e. The van der Waals surface area contributed by atoms with Gasteiger partial charge in [0.25, 0.3) is 5.91 Å². The van der Waals surface area contributed by atoms with Gasteiger partial charge in [0.2, 0.25) is 5.88 Å². The topological polar surface area (TPSA) is 157 Å². The molecule has 0 radical (unpaired) electrons. The number of carbonyl (C=O) groups excluding carboxylic acids is 2. The van der Waals surface area contributed by atoms with Crippen LogP contribution in [0.25, 0.3) is 5.57 Å². The van der Waals surface area contributed by atoms with E-state index in [-0.39, 0.29) is 61.1 Å². The molecule has 2 fully saturated rings. The number of fused-ring (bicyclic) bond motifs is 2. The van der Waals surface area contributed by atoms with Gasteiger partial charge in [0.05, 0.1) is 31.8 Å². The van der Waals surface area contributed by atoms with Gasteiger partial charge in [-0.2, -0.15) is 0 Å². The number of hydrogen-bond donors (Lipinski definition) is 2. The van der Waals surface area contributed by atoms with Gasteiger partial charge >= 0.3 is 6.09 Å². The molecule has 4 aromatic rings. The zero-order valence-corrected chi connectivity index (χ0v) is 33.9. The molecule has 2 N–H and O–H groups in total. The summed E-state index contributed by atoms with van der Waals surface area (Å²) in [6.07, 6.45) is 3.82. The van der Waals surface area contributed by atoms with E-state index in [0.29, 0.717) is 29.9 Å². The Balaban J connectivity index is 1.19. The largest absolute Gasteiger partial charge is 0.616 e. The lowest BCUT2D eigenvalue weighted by molar-refractivity contribution is -0.497. The minimum absolute atomic E-state index is 0.0293. The summed E-state index contributed by atoms with van der Waals surface area (Å²) in [6, 6.07) is 16.4. The highest BCUT2D eigenvalue weighted by atomic mass is 35.5. The summed E-state index contributed by atoms with van der Waals surface area (Å²) < 4.78 is 58.4. The molecule has 1 saturated carbocycles. The van der Waals surface area contributed by atoms with Crippen LogP contribution in [0.2, 0.25) is 5.02 Å². The molecular formula is C42H43ClF2N4O9S. The standard InChI is InChI=1S/C42H43ClF2N4O9S/c1-25-29(16-17-46-40(25)55-2)21-47(30-12-13-30)41(50)37-33(28-10-8-26(9-11-28)6-4-18-56-39-35(45)15-14-34(44)38(39)43)20-31-23-59(54)24-36(37)48(31)42(51)58-32-7-3-5-27(19-32)22-57-49(52)53/h3,5,7-11,14-17,19,30-31,36,52-53H,4,6,12-13,18,20-24H2,1-2H3. The summed E-state index contributed by atoms with van der Waals surface area (Å²) in [6.45, 7) is 2.05. The predicted molar refractivity (Wildman–Crippen MR) is 212 cm³/mol. The Kier molecular flexibility index (Phi) is 13.4. The number of aryl methyl sites for hydroxylation is 1. The Bertz CT molecular complexity index is 2210. The first-order chi connectivity index (χ1) is 28.4. The molecule has 7 rings (SSSR count). The number of hydrogen-bond acceptors (Lipinski definition) is 11. The van der Waals surface area contributed by atoms with Crippen LogP contribution in [0.3, 0.4) is 0 Å². The van der Waals surface area contributed by atoms with Crippen molar-refractivity contribution in [3.05, 3.63) is 123 Å². The Morgan fingerprint density at radius 3 is 2.53 bits per heavy atom. The van der Waals surface area contributed by atoms with Crippen LogP contribution in [0.15, 0.2) is 78.5 Å². The van der Waals surface area contributed by atoms with Crippen LogP contribution in [0.1, 0.15) is 53.5 Å². The molecule has 1 aromatic heterocycles. The first-order valence-electron chi connectivity index (χ1n) is 19.0. The van der Waals surface area contributed by atoms with Crippen LogP contribution in [-0.4, -0.2) is 90.5 Å². The number of benzene rings is 3. The highest BCUT2D eigenvalue weighted by Gasteiger charge is 2.51. The van der Waals surface area contributed by atoms with Gasteiger partial charge in [0, 0.05) is 29.9 Å². The molecule has 2 bridgehead atoms. The fourth-order valence-corrected chi connectivity index (χ4v) is 9.32. The van der Waals surface area contributed by atoms with E-state index in [2.05, 4.69) is 4.98 Å². The van der Waals surface area contributed by atoms with E-state index in [1.54, 1.807) is 36.4 Å². The summed E-state index contributed by atoms with van der Waals surface area (Å²) in [4.78, 5) is 41.7. The number of pyridine rings is 1. The Morgan fingerprint density at radius 1 is 1.03 bits per heavy atom. The van der Waals surface area contributed by atoms with Crippen LogP contribution in [-0.2, 0) is 40.4 Å². The molecule has 3 atom stereocenters. The molecular weight excluding hydrogens is 810 g/mol. The molecule has 17 heteroatoms. The third-order valence-electron chi connectivity index (χ3n) is 10.7. The van der Waals surface area contributed by atoms with Crippen LogP contribution >= 0.6 is 11.6 Å². The minimum Gasteiger partial charge on any atom is -0.616 e. The van der Waals surface area contributed by atoms with Crippen LogP contribution < -0.4 is 14.2 Å². The summed E-state index contributed by atoms with van der Waals surface area (Å²) in [7, 11) is 1.54. The van der Waals surface area contributed by atoms with Gasteiger partial charge in [0.15, 0.2) is 11.6 Å². The average molecular weight is 853 g/mol. The van der Waals surface area contributed by atoms with Crippen molar-refractivity contribution in [2.24, 2.45) is 0 Å². The van der Waals surface area contributed by atoms with Crippen LogP contribution in [0, 0.1) is 18.6 Å². The van der Waals surface area contributed by atoms with Crippen molar-refractivity contribution in [1.82, 2.24) is 20.2 Å². The lowest BCUT2D eigenvalue weighted by Gasteiger charge is -2.47. The van der Waals surface area contributed by atoms with Gasteiger partial charge in [-0.15, -0.1) is 0 Å². The molecule has 2 aliphatic heterocycles. The van der Waals surface area contributed by atoms with E-state index >= 15 is 4.79 Å². The highest BCUT2D eigenvalue weighted by molar-refractivity contribution is 7.91. The number of methoxy groups -OCH3 is 1. The maximum atomic E-state index is 15.2. The fraction of sp³-hybridized carbons (Fsp3) is 0.357. The van der Waals surface area contributed by atoms with E-state index in [0.717, 1.165) is 52.8 Å². The van der Waals surface area contributed by atoms with Crippen molar-refractivity contribution in [1.29, 1.82) is 0 Å². The monoisotopic (exact) mass is 852 g/mol. The highest BCUT2D eigenvalue weighted by Crippen LogP contribution is 2.42. The molecule has 3 aromatic carbocycles. The second-order valence-corrected chi connectivity index (χ2v) is 16.5. The number of halogens is 3. The smallest absolute Gasteiger partial charge is 0.416 e. The van der Waals surface area contributed by atoms with Crippen molar-refractivity contribution in [2.75, 3.05) is 25.2 Å². The molecule has 3 aliphatic rings. The molecule has 13 nitrogen and oxygen atoms in total. The van der Waals surface area contributed by atoms with Gasteiger partial charge < -0.3 is 23.7 Å². The van der Waals surface area contributed by atoms with Gasteiger partial charge in [0.1, 0.15) is 34.1 Å². The van der Waals surface area contributed by atoms with Crippen molar-refractivity contribution >= 4 is 40.4 Å². The van der Waals surface area contributed by atoms with Crippen molar-refractivity contribution in [3.63, 3.8) is 0 Å². The number of rotatable bonds is 15. The van der Waals surface area contributed by atoms with Crippen molar-refractivity contribution in [3.8, 4) is 17.4 Å². The number of nitrogens with zero attached hydrogens (tertiary/aromatic N) is 4. The summed E-state index contributed by atoms with van der Waals surface area (Å²) in [5.41, 5.74) is 5.01. The van der Waals surface area contributed by atoms with Gasteiger partial charge in [-0.05, 0) is 108 Å².